The zero-order valence-electron chi connectivity index (χ0n) is 15.8. The Balaban J connectivity index is 1.67. The van der Waals surface area contributed by atoms with Crippen molar-refractivity contribution in [3.8, 4) is 0 Å². The molecule has 28 heavy (non-hydrogen) atoms. The molecule has 2 fully saturated rings. The SMILES string of the molecule is CCn1c(SC2CC(C)OC2=O)nc2cc(S(=O)(=O)N3CCOCC3)ccc21. The maximum atomic E-state index is 12.9. The second-order valence-electron chi connectivity index (χ2n) is 6.90. The van der Waals surface area contributed by atoms with E-state index in [0.29, 0.717) is 49.9 Å². The van der Waals surface area contributed by atoms with Gasteiger partial charge in [-0.15, -0.1) is 0 Å². The summed E-state index contributed by atoms with van der Waals surface area (Å²) < 4.78 is 39.8. The van der Waals surface area contributed by atoms with Crippen LogP contribution in [0.25, 0.3) is 11.0 Å². The first-order valence-corrected chi connectivity index (χ1v) is 11.7. The van der Waals surface area contributed by atoms with Crippen LogP contribution in [0.1, 0.15) is 20.3 Å². The molecule has 0 bridgehead atoms. The molecule has 2 unspecified atom stereocenters. The van der Waals surface area contributed by atoms with Gasteiger partial charge in [0.1, 0.15) is 11.4 Å². The summed E-state index contributed by atoms with van der Waals surface area (Å²) >= 11 is 1.38. The monoisotopic (exact) mass is 425 g/mol. The molecular formula is C18H23N3O5S2. The Labute approximate surface area is 168 Å². The minimum atomic E-state index is -3.58. The summed E-state index contributed by atoms with van der Waals surface area (Å²) in [6.07, 6.45) is 0.558. The van der Waals surface area contributed by atoms with Gasteiger partial charge in [-0.25, -0.2) is 13.4 Å². The number of carbonyl (C=O) groups is 1. The van der Waals surface area contributed by atoms with Crippen LogP contribution in [0.4, 0.5) is 0 Å². The summed E-state index contributed by atoms with van der Waals surface area (Å²) in [4.78, 5) is 16.9. The van der Waals surface area contributed by atoms with Gasteiger partial charge in [0.25, 0.3) is 0 Å². The Morgan fingerprint density at radius 2 is 2.04 bits per heavy atom. The molecule has 152 valence electrons. The molecule has 2 aromatic rings. The van der Waals surface area contributed by atoms with Crippen molar-refractivity contribution in [2.75, 3.05) is 26.3 Å². The minimum Gasteiger partial charge on any atom is -0.462 e. The number of hydrogen-bond donors (Lipinski definition) is 0. The maximum absolute atomic E-state index is 12.9. The van der Waals surface area contributed by atoms with E-state index in [1.54, 1.807) is 18.2 Å². The number of aromatic nitrogens is 2. The lowest BCUT2D eigenvalue weighted by Crippen LogP contribution is -2.40. The summed E-state index contributed by atoms with van der Waals surface area (Å²) in [5.74, 6) is -0.220. The van der Waals surface area contributed by atoms with E-state index in [9.17, 15) is 13.2 Å². The number of carbonyl (C=O) groups excluding carboxylic acids is 1. The van der Waals surface area contributed by atoms with Crippen LogP contribution in [0.3, 0.4) is 0 Å². The molecule has 4 rings (SSSR count). The molecule has 1 aromatic carbocycles. The van der Waals surface area contributed by atoms with E-state index in [2.05, 4.69) is 4.98 Å². The first kappa shape index (κ1) is 19.7. The summed E-state index contributed by atoms with van der Waals surface area (Å²) in [6.45, 7) is 6.07. The van der Waals surface area contributed by atoms with E-state index >= 15 is 0 Å². The molecular weight excluding hydrogens is 402 g/mol. The van der Waals surface area contributed by atoms with Crippen LogP contribution in [0, 0.1) is 0 Å². The van der Waals surface area contributed by atoms with Gasteiger partial charge in [-0.1, -0.05) is 11.8 Å². The molecule has 0 radical (unpaired) electrons. The highest BCUT2D eigenvalue weighted by Crippen LogP contribution is 2.34. The Hall–Kier alpha value is -1.62. The normalized spacial score (nSPS) is 24.0. The summed E-state index contributed by atoms with van der Waals surface area (Å²) in [5.41, 5.74) is 1.46. The van der Waals surface area contributed by atoms with E-state index < -0.39 is 10.0 Å². The van der Waals surface area contributed by atoms with Crippen LogP contribution < -0.4 is 0 Å². The fraction of sp³-hybridized carbons (Fsp3) is 0.556. The highest BCUT2D eigenvalue weighted by Gasteiger charge is 2.34. The van der Waals surface area contributed by atoms with Crippen molar-refractivity contribution in [2.45, 2.75) is 48.2 Å². The molecule has 0 N–H and O–H groups in total. The number of imidazole rings is 1. The van der Waals surface area contributed by atoms with Crippen molar-refractivity contribution in [2.24, 2.45) is 0 Å². The molecule has 2 aliphatic rings. The van der Waals surface area contributed by atoms with Crippen LogP contribution in [-0.2, 0) is 30.8 Å². The largest absolute Gasteiger partial charge is 0.462 e. The summed E-state index contributed by atoms with van der Waals surface area (Å²) in [5, 5.41) is 0.420. The average molecular weight is 426 g/mol. The Morgan fingerprint density at radius 1 is 1.29 bits per heavy atom. The van der Waals surface area contributed by atoms with Gasteiger partial charge in [0.05, 0.1) is 29.1 Å². The number of nitrogens with zero attached hydrogens (tertiary/aromatic N) is 3. The number of sulfonamides is 1. The Morgan fingerprint density at radius 3 is 2.68 bits per heavy atom. The Kier molecular flexibility index (Phi) is 5.38. The van der Waals surface area contributed by atoms with E-state index in [1.807, 2.05) is 18.4 Å². The van der Waals surface area contributed by atoms with Crippen LogP contribution in [0.2, 0.25) is 0 Å². The predicted octanol–water partition coefficient (Wildman–Crippen LogP) is 1.87. The summed E-state index contributed by atoms with van der Waals surface area (Å²) in [6, 6.07) is 5.03. The third kappa shape index (κ3) is 3.54. The lowest BCUT2D eigenvalue weighted by molar-refractivity contribution is -0.140. The van der Waals surface area contributed by atoms with E-state index in [1.165, 1.54) is 16.1 Å². The molecule has 2 atom stereocenters. The zero-order chi connectivity index (χ0) is 19.9. The lowest BCUT2D eigenvalue weighted by atomic mass is 10.3. The number of ether oxygens (including phenoxy) is 2. The lowest BCUT2D eigenvalue weighted by Gasteiger charge is -2.26. The number of morpholine rings is 1. The van der Waals surface area contributed by atoms with Gasteiger partial charge in [-0.05, 0) is 32.0 Å². The number of fused-ring (bicyclic) bond motifs is 1. The van der Waals surface area contributed by atoms with Crippen molar-refractivity contribution in [3.05, 3.63) is 18.2 Å². The smallest absolute Gasteiger partial charge is 0.319 e. The molecule has 0 aliphatic carbocycles. The standard InChI is InChI=1S/C18H23N3O5S2/c1-3-21-15-5-4-13(28(23,24)20-6-8-25-9-7-20)11-14(15)19-18(21)27-16-10-12(2)26-17(16)22/h4-5,11-12,16H,3,6-10H2,1-2H3. The van der Waals surface area contributed by atoms with Gasteiger partial charge in [-0.3, -0.25) is 4.79 Å². The molecule has 1 aromatic heterocycles. The molecule has 0 spiro atoms. The Bertz CT molecular complexity index is 998. The summed E-state index contributed by atoms with van der Waals surface area (Å²) in [7, 11) is -3.58. The molecule has 2 aliphatic heterocycles. The van der Waals surface area contributed by atoms with Gasteiger partial charge >= 0.3 is 5.97 Å². The molecule has 2 saturated heterocycles. The number of aryl methyl sites for hydroxylation is 1. The van der Waals surface area contributed by atoms with E-state index in [-0.39, 0.29) is 22.2 Å². The third-order valence-electron chi connectivity index (χ3n) is 4.98. The third-order valence-corrected chi connectivity index (χ3v) is 8.07. The van der Waals surface area contributed by atoms with Gasteiger partial charge in [0.2, 0.25) is 10.0 Å². The number of rotatable bonds is 5. The van der Waals surface area contributed by atoms with Crippen molar-refractivity contribution in [1.82, 2.24) is 13.9 Å². The quantitative estimate of drug-likeness (QED) is 0.676. The molecule has 0 saturated carbocycles. The van der Waals surface area contributed by atoms with Crippen LogP contribution in [-0.4, -0.2) is 65.9 Å². The van der Waals surface area contributed by atoms with Gasteiger partial charge in [0, 0.05) is 26.1 Å². The molecule has 3 heterocycles. The van der Waals surface area contributed by atoms with Crippen LogP contribution in [0.5, 0.6) is 0 Å². The van der Waals surface area contributed by atoms with Crippen molar-refractivity contribution >= 4 is 38.8 Å². The number of esters is 1. The molecule has 0 amide bonds. The highest BCUT2D eigenvalue weighted by atomic mass is 32.2. The van der Waals surface area contributed by atoms with Gasteiger partial charge in [-0.2, -0.15) is 4.31 Å². The van der Waals surface area contributed by atoms with Crippen molar-refractivity contribution in [1.29, 1.82) is 0 Å². The van der Waals surface area contributed by atoms with Gasteiger partial charge in [0.15, 0.2) is 5.16 Å². The number of benzene rings is 1. The topological polar surface area (TPSA) is 90.7 Å². The van der Waals surface area contributed by atoms with E-state index in [4.69, 9.17) is 9.47 Å². The predicted molar refractivity (Wildman–Crippen MR) is 105 cm³/mol. The first-order chi connectivity index (χ1) is 13.4. The van der Waals surface area contributed by atoms with Crippen molar-refractivity contribution in [3.63, 3.8) is 0 Å². The molecule has 8 nitrogen and oxygen atoms in total. The molecule has 10 heteroatoms. The van der Waals surface area contributed by atoms with E-state index in [0.717, 1.165) is 5.52 Å². The van der Waals surface area contributed by atoms with Gasteiger partial charge < -0.3 is 14.0 Å². The maximum Gasteiger partial charge on any atom is 0.319 e. The van der Waals surface area contributed by atoms with Crippen molar-refractivity contribution < 1.29 is 22.7 Å². The average Bonchev–Trinajstić information content (AvgIpc) is 3.20. The second-order valence-corrected chi connectivity index (χ2v) is 10.0. The van der Waals surface area contributed by atoms with Crippen LogP contribution in [0.15, 0.2) is 28.3 Å². The number of cyclic esters (lactones) is 1. The number of thioether (sulfide) groups is 1. The zero-order valence-corrected chi connectivity index (χ0v) is 17.5. The minimum absolute atomic E-state index is 0.0882. The number of hydrogen-bond acceptors (Lipinski definition) is 7. The van der Waals surface area contributed by atoms with Crippen LogP contribution >= 0.6 is 11.8 Å². The first-order valence-electron chi connectivity index (χ1n) is 9.35. The highest BCUT2D eigenvalue weighted by molar-refractivity contribution is 8.00. The fourth-order valence-corrected chi connectivity index (χ4v) is 6.23. The fourth-order valence-electron chi connectivity index (χ4n) is 3.52. The second kappa shape index (κ2) is 7.66.